The Morgan fingerprint density at radius 1 is 0.864 bits per heavy atom. The molecule has 9 heteroatoms. The van der Waals surface area contributed by atoms with Crippen molar-refractivity contribution < 1.29 is 33.7 Å². The van der Waals surface area contributed by atoms with Crippen molar-refractivity contribution in [3.8, 4) is 11.1 Å². The Morgan fingerprint density at radius 3 is 2.07 bits per heavy atom. The highest BCUT2D eigenvalue weighted by Gasteiger charge is 2.33. The lowest BCUT2D eigenvalue weighted by molar-refractivity contribution is -0.161. The van der Waals surface area contributed by atoms with E-state index in [1.807, 2.05) is 57.2 Å². The molecule has 9 nitrogen and oxygen atoms in total. The van der Waals surface area contributed by atoms with E-state index in [1.165, 1.54) is 0 Å². The molecule has 44 heavy (non-hydrogen) atoms. The third kappa shape index (κ3) is 9.02. The van der Waals surface area contributed by atoms with Crippen molar-refractivity contribution in [2.45, 2.75) is 99.3 Å². The molecule has 0 radical (unpaired) electrons. The fourth-order valence-electron chi connectivity index (χ4n) is 4.47. The first-order valence-electron chi connectivity index (χ1n) is 15.0. The summed E-state index contributed by atoms with van der Waals surface area (Å²) in [6.45, 7) is 15.5. The van der Waals surface area contributed by atoms with E-state index in [4.69, 9.17) is 19.2 Å². The summed E-state index contributed by atoms with van der Waals surface area (Å²) in [4.78, 5) is 43.2. The first-order chi connectivity index (χ1) is 20.4. The van der Waals surface area contributed by atoms with Crippen LogP contribution in [0.2, 0.25) is 0 Å². The van der Waals surface area contributed by atoms with E-state index in [1.54, 1.807) is 51.3 Å². The number of hydrogen-bond acceptors (Lipinski definition) is 8. The van der Waals surface area contributed by atoms with Crippen LogP contribution in [0.5, 0.6) is 0 Å². The second-order valence-corrected chi connectivity index (χ2v) is 13.4. The summed E-state index contributed by atoms with van der Waals surface area (Å²) >= 11 is 0. The van der Waals surface area contributed by atoms with Crippen LogP contribution in [0.15, 0.2) is 48.5 Å². The molecular formula is C35H46N2O7. The van der Waals surface area contributed by atoms with Crippen molar-refractivity contribution in [3.05, 3.63) is 76.9 Å². The summed E-state index contributed by atoms with van der Waals surface area (Å²) in [6.07, 6.45) is 2.34. The lowest BCUT2D eigenvalue weighted by Gasteiger charge is -2.20. The van der Waals surface area contributed by atoms with Crippen molar-refractivity contribution >= 4 is 17.9 Å². The van der Waals surface area contributed by atoms with Crippen LogP contribution in [-0.4, -0.2) is 45.0 Å². The molecule has 0 aliphatic rings. The van der Waals surface area contributed by atoms with Gasteiger partial charge >= 0.3 is 17.9 Å². The van der Waals surface area contributed by atoms with Crippen LogP contribution in [0.25, 0.3) is 11.1 Å². The van der Waals surface area contributed by atoms with Gasteiger partial charge in [0.15, 0.2) is 5.69 Å². The Balaban J connectivity index is 1.97. The lowest BCUT2D eigenvalue weighted by atomic mass is 9.98. The molecular weight excluding hydrogens is 560 g/mol. The van der Waals surface area contributed by atoms with Crippen molar-refractivity contribution in [2.24, 2.45) is 5.41 Å². The van der Waals surface area contributed by atoms with E-state index in [-0.39, 0.29) is 17.9 Å². The van der Waals surface area contributed by atoms with Crippen LogP contribution < -0.4 is 0 Å². The zero-order valence-corrected chi connectivity index (χ0v) is 27.4. The average Bonchev–Trinajstić information content (AvgIpc) is 3.29. The number of carbonyl (C=O) groups is 3. The van der Waals surface area contributed by atoms with Crippen molar-refractivity contribution in [1.29, 1.82) is 0 Å². The molecule has 0 amide bonds. The first kappa shape index (κ1) is 34.5. The Morgan fingerprint density at radius 2 is 1.50 bits per heavy atom. The van der Waals surface area contributed by atoms with Gasteiger partial charge < -0.3 is 23.9 Å². The van der Waals surface area contributed by atoms with Crippen LogP contribution in [0, 0.1) is 5.41 Å². The summed E-state index contributed by atoms with van der Waals surface area (Å²) in [5.41, 5.74) is 0.421. The summed E-state index contributed by atoms with van der Waals surface area (Å²) in [7, 11) is 0. The van der Waals surface area contributed by atoms with Gasteiger partial charge in [0.25, 0.3) is 0 Å². The van der Waals surface area contributed by atoms with Gasteiger partial charge in [-0.05, 0) is 84.6 Å². The molecule has 3 aromatic rings. The quantitative estimate of drug-likeness (QED) is 0.187. The minimum Gasteiger partial charge on any atom is -0.456 e. The zero-order chi connectivity index (χ0) is 32.9. The van der Waals surface area contributed by atoms with Gasteiger partial charge in [-0.25, -0.2) is 14.6 Å². The molecule has 0 saturated carbocycles. The van der Waals surface area contributed by atoms with Crippen LogP contribution in [0.1, 0.15) is 113 Å². The van der Waals surface area contributed by atoms with Crippen LogP contribution in [0.4, 0.5) is 0 Å². The maximum absolute atomic E-state index is 13.5. The van der Waals surface area contributed by atoms with Gasteiger partial charge in [-0.1, -0.05) is 55.8 Å². The standard InChI is InChI=1S/C35H46N2O7/c1-10-11-16-27-36-29(35(8,9)41)28(31(39)42-22-43-32(40)33(2,3)4)37(27)21-23-17-19-24(20-18-23)25-14-12-13-15-26(25)30(38)44-34(5,6)7/h12-15,17-20,41H,10-11,16,21-22H2,1-9H3. The average molecular weight is 607 g/mol. The molecule has 0 unspecified atom stereocenters. The van der Waals surface area contributed by atoms with Crippen LogP contribution in [0.3, 0.4) is 0 Å². The predicted molar refractivity (Wildman–Crippen MR) is 168 cm³/mol. The molecule has 1 heterocycles. The highest BCUT2D eigenvalue weighted by atomic mass is 16.7. The number of nitrogens with zero attached hydrogens (tertiary/aromatic N) is 2. The van der Waals surface area contributed by atoms with Gasteiger partial charge in [0.1, 0.15) is 22.7 Å². The van der Waals surface area contributed by atoms with Gasteiger partial charge in [-0.3, -0.25) is 4.79 Å². The largest absolute Gasteiger partial charge is 0.456 e. The van der Waals surface area contributed by atoms with E-state index in [9.17, 15) is 19.5 Å². The van der Waals surface area contributed by atoms with E-state index in [0.29, 0.717) is 17.8 Å². The minimum atomic E-state index is -1.43. The Bertz CT molecular complexity index is 1470. The SMILES string of the molecule is CCCCc1nc(C(C)(C)O)c(C(=O)OCOC(=O)C(C)(C)C)n1Cc1ccc(-c2ccccc2C(=O)OC(C)(C)C)cc1. The molecule has 0 bridgehead atoms. The highest BCUT2D eigenvalue weighted by molar-refractivity contribution is 5.97. The molecule has 238 valence electrons. The molecule has 1 N–H and O–H groups in total. The molecule has 0 spiro atoms. The number of aromatic nitrogens is 2. The molecule has 0 atom stereocenters. The number of rotatable bonds is 11. The zero-order valence-electron chi connectivity index (χ0n) is 27.4. The maximum Gasteiger partial charge on any atom is 0.359 e. The lowest BCUT2D eigenvalue weighted by Crippen LogP contribution is -2.27. The fraction of sp³-hybridized carbons (Fsp3) is 0.486. The highest BCUT2D eigenvalue weighted by Crippen LogP contribution is 2.29. The van der Waals surface area contributed by atoms with Crippen LogP contribution >= 0.6 is 0 Å². The summed E-state index contributed by atoms with van der Waals surface area (Å²) < 4.78 is 17.9. The van der Waals surface area contributed by atoms with Crippen LogP contribution in [-0.2, 0) is 37.6 Å². The van der Waals surface area contributed by atoms with Crippen molar-refractivity contribution in [3.63, 3.8) is 0 Å². The Hall–Kier alpha value is -3.98. The number of hydrogen-bond donors (Lipinski definition) is 1. The number of aryl methyl sites for hydroxylation is 1. The van der Waals surface area contributed by atoms with Gasteiger partial charge in [-0.15, -0.1) is 0 Å². The first-order valence-corrected chi connectivity index (χ1v) is 15.0. The van der Waals surface area contributed by atoms with Gasteiger partial charge in [-0.2, -0.15) is 0 Å². The third-order valence-corrected chi connectivity index (χ3v) is 6.72. The topological polar surface area (TPSA) is 117 Å². The smallest absolute Gasteiger partial charge is 0.359 e. The molecule has 2 aromatic carbocycles. The second-order valence-electron chi connectivity index (χ2n) is 13.4. The van der Waals surface area contributed by atoms with Gasteiger partial charge in [0, 0.05) is 13.0 Å². The van der Waals surface area contributed by atoms with E-state index >= 15 is 0 Å². The number of aliphatic hydroxyl groups is 1. The van der Waals surface area contributed by atoms with E-state index < -0.39 is 41.3 Å². The molecule has 1 aromatic heterocycles. The van der Waals surface area contributed by atoms with Gasteiger partial charge in [0.2, 0.25) is 6.79 Å². The molecule has 3 rings (SSSR count). The predicted octanol–water partition coefficient (Wildman–Crippen LogP) is 6.83. The van der Waals surface area contributed by atoms with E-state index in [0.717, 1.165) is 29.5 Å². The number of imidazole rings is 1. The molecule has 0 aliphatic heterocycles. The summed E-state index contributed by atoms with van der Waals surface area (Å²) in [5, 5.41) is 11.0. The molecule has 0 aliphatic carbocycles. The molecule has 0 saturated heterocycles. The Kier molecular flexibility index (Phi) is 10.8. The Labute approximate surface area is 260 Å². The second kappa shape index (κ2) is 13.8. The third-order valence-electron chi connectivity index (χ3n) is 6.72. The number of benzene rings is 2. The normalized spacial score (nSPS) is 12.1. The summed E-state index contributed by atoms with van der Waals surface area (Å²) in [6, 6.07) is 15.0. The monoisotopic (exact) mass is 606 g/mol. The summed E-state index contributed by atoms with van der Waals surface area (Å²) in [5.74, 6) is -1.01. The number of ether oxygens (including phenoxy) is 3. The number of unbranched alkanes of at least 4 members (excludes halogenated alkanes) is 1. The molecule has 0 fully saturated rings. The number of esters is 3. The van der Waals surface area contributed by atoms with E-state index in [2.05, 4.69) is 6.92 Å². The fourth-order valence-corrected chi connectivity index (χ4v) is 4.47. The number of carbonyl (C=O) groups excluding carboxylic acids is 3. The van der Waals surface area contributed by atoms with Gasteiger partial charge in [0.05, 0.1) is 11.0 Å². The maximum atomic E-state index is 13.5. The van der Waals surface area contributed by atoms with Crippen molar-refractivity contribution in [2.75, 3.05) is 6.79 Å². The van der Waals surface area contributed by atoms with Crippen molar-refractivity contribution in [1.82, 2.24) is 9.55 Å². The minimum absolute atomic E-state index is 0.106.